The van der Waals surface area contributed by atoms with Gasteiger partial charge < -0.3 is 10.5 Å². The largest absolute Gasteiger partial charge is 0.376 e. The number of likely N-dealkylation sites (tertiary alicyclic amines) is 1. The molecule has 0 aliphatic carbocycles. The van der Waals surface area contributed by atoms with E-state index in [9.17, 15) is 0 Å². The molecule has 1 heterocycles. The summed E-state index contributed by atoms with van der Waals surface area (Å²) in [6.07, 6.45) is 2.88. The lowest BCUT2D eigenvalue weighted by molar-refractivity contribution is 0.0135. The van der Waals surface area contributed by atoms with Crippen molar-refractivity contribution in [1.82, 2.24) is 4.90 Å². The molecule has 0 aromatic carbocycles. The van der Waals surface area contributed by atoms with Gasteiger partial charge in [-0.25, -0.2) is 0 Å². The number of ether oxygens (including phenoxy) is 1. The predicted molar refractivity (Wildman–Crippen MR) is 63.9 cm³/mol. The molecule has 0 aromatic heterocycles. The van der Waals surface area contributed by atoms with Gasteiger partial charge in [0.05, 0.1) is 6.10 Å². The van der Waals surface area contributed by atoms with E-state index in [1.54, 1.807) is 0 Å². The third-order valence-electron chi connectivity index (χ3n) is 3.35. The van der Waals surface area contributed by atoms with E-state index in [0.717, 1.165) is 19.1 Å². The first-order valence-electron chi connectivity index (χ1n) is 6.23. The molecule has 1 aliphatic heterocycles. The predicted octanol–water partition coefficient (Wildman–Crippen LogP) is 1.47. The Hall–Kier alpha value is -0.120. The van der Waals surface area contributed by atoms with Crippen molar-refractivity contribution < 1.29 is 4.74 Å². The van der Waals surface area contributed by atoms with Crippen LogP contribution in [0.1, 0.15) is 33.6 Å². The van der Waals surface area contributed by atoms with E-state index in [1.807, 2.05) is 6.92 Å². The molecule has 3 atom stereocenters. The first-order chi connectivity index (χ1) is 7.17. The maximum Gasteiger partial charge on any atom is 0.0823 e. The number of rotatable bonds is 5. The summed E-state index contributed by atoms with van der Waals surface area (Å²) >= 11 is 0. The van der Waals surface area contributed by atoms with Crippen LogP contribution in [0.2, 0.25) is 0 Å². The Morgan fingerprint density at radius 2 is 2.13 bits per heavy atom. The molecule has 0 spiro atoms. The molecular formula is C12H26N2O. The minimum Gasteiger partial charge on any atom is -0.376 e. The Morgan fingerprint density at radius 3 is 2.73 bits per heavy atom. The van der Waals surface area contributed by atoms with E-state index in [0.29, 0.717) is 12.6 Å². The van der Waals surface area contributed by atoms with Gasteiger partial charge in [-0.3, -0.25) is 4.90 Å². The van der Waals surface area contributed by atoms with Gasteiger partial charge in [0.15, 0.2) is 0 Å². The maximum atomic E-state index is 5.70. The zero-order valence-corrected chi connectivity index (χ0v) is 10.4. The minimum absolute atomic E-state index is 0.211. The van der Waals surface area contributed by atoms with Crippen LogP contribution in [0.3, 0.4) is 0 Å². The van der Waals surface area contributed by atoms with Crippen molar-refractivity contribution >= 4 is 0 Å². The van der Waals surface area contributed by atoms with Gasteiger partial charge in [0, 0.05) is 32.3 Å². The number of nitrogens with two attached hydrogens (primary N) is 1. The molecule has 1 rings (SSSR count). The third kappa shape index (κ3) is 4.09. The SMILES string of the molecule is CCOC(CN)CN1CC(C)CCC1C. The monoisotopic (exact) mass is 214 g/mol. The highest BCUT2D eigenvalue weighted by Crippen LogP contribution is 2.21. The summed E-state index contributed by atoms with van der Waals surface area (Å²) in [5, 5.41) is 0. The molecule has 90 valence electrons. The van der Waals surface area contributed by atoms with Crippen molar-refractivity contribution in [2.24, 2.45) is 11.7 Å². The Kier molecular flexibility index (Phi) is 5.58. The van der Waals surface area contributed by atoms with Crippen molar-refractivity contribution in [3.8, 4) is 0 Å². The Bertz CT molecular complexity index is 175. The Labute approximate surface area is 94.0 Å². The Balaban J connectivity index is 2.39. The summed E-state index contributed by atoms with van der Waals surface area (Å²) in [5.41, 5.74) is 5.70. The minimum atomic E-state index is 0.211. The van der Waals surface area contributed by atoms with Gasteiger partial charge in [0.2, 0.25) is 0 Å². The fraction of sp³-hybridized carbons (Fsp3) is 1.00. The second kappa shape index (κ2) is 6.46. The highest BCUT2D eigenvalue weighted by atomic mass is 16.5. The van der Waals surface area contributed by atoms with E-state index < -0.39 is 0 Å². The normalized spacial score (nSPS) is 30.4. The van der Waals surface area contributed by atoms with Gasteiger partial charge in [-0.05, 0) is 32.6 Å². The molecule has 1 fully saturated rings. The maximum absolute atomic E-state index is 5.70. The molecule has 0 amide bonds. The van der Waals surface area contributed by atoms with Crippen LogP contribution in [0.15, 0.2) is 0 Å². The zero-order chi connectivity index (χ0) is 11.3. The number of hydrogen-bond acceptors (Lipinski definition) is 3. The molecule has 1 saturated heterocycles. The van der Waals surface area contributed by atoms with Crippen LogP contribution in [0, 0.1) is 5.92 Å². The lowest BCUT2D eigenvalue weighted by Crippen LogP contribution is -2.47. The molecule has 3 heteroatoms. The lowest BCUT2D eigenvalue weighted by Gasteiger charge is -2.38. The highest BCUT2D eigenvalue weighted by molar-refractivity contribution is 4.79. The lowest BCUT2D eigenvalue weighted by atomic mass is 9.95. The van der Waals surface area contributed by atoms with E-state index >= 15 is 0 Å². The van der Waals surface area contributed by atoms with Crippen LogP contribution < -0.4 is 5.73 Å². The van der Waals surface area contributed by atoms with Gasteiger partial charge in [-0.15, -0.1) is 0 Å². The van der Waals surface area contributed by atoms with Crippen LogP contribution in [0.4, 0.5) is 0 Å². The van der Waals surface area contributed by atoms with E-state index in [-0.39, 0.29) is 6.10 Å². The molecule has 3 nitrogen and oxygen atoms in total. The molecule has 15 heavy (non-hydrogen) atoms. The average molecular weight is 214 g/mol. The Morgan fingerprint density at radius 1 is 1.40 bits per heavy atom. The molecule has 3 unspecified atom stereocenters. The topological polar surface area (TPSA) is 38.5 Å². The first-order valence-corrected chi connectivity index (χ1v) is 6.23. The second-order valence-electron chi connectivity index (χ2n) is 4.80. The average Bonchev–Trinajstić information content (AvgIpc) is 2.22. The fourth-order valence-electron chi connectivity index (χ4n) is 2.33. The summed E-state index contributed by atoms with van der Waals surface area (Å²) in [6, 6.07) is 0.690. The summed E-state index contributed by atoms with van der Waals surface area (Å²) < 4.78 is 5.61. The molecule has 0 bridgehead atoms. The zero-order valence-electron chi connectivity index (χ0n) is 10.4. The van der Waals surface area contributed by atoms with Crippen molar-refractivity contribution in [2.45, 2.75) is 45.8 Å². The van der Waals surface area contributed by atoms with Crippen LogP contribution >= 0.6 is 0 Å². The molecule has 1 aliphatic rings. The van der Waals surface area contributed by atoms with Gasteiger partial charge in [-0.2, -0.15) is 0 Å². The molecule has 0 saturated carbocycles. The van der Waals surface area contributed by atoms with Crippen LogP contribution in [-0.4, -0.2) is 43.3 Å². The van der Waals surface area contributed by atoms with Crippen LogP contribution in [0.25, 0.3) is 0 Å². The molecule has 2 N–H and O–H groups in total. The van der Waals surface area contributed by atoms with E-state index in [2.05, 4.69) is 18.7 Å². The first kappa shape index (κ1) is 12.9. The van der Waals surface area contributed by atoms with Crippen molar-refractivity contribution in [3.05, 3.63) is 0 Å². The van der Waals surface area contributed by atoms with Gasteiger partial charge in [0.25, 0.3) is 0 Å². The number of nitrogens with zero attached hydrogens (tertiary/aromatic N) is 1. The fourth-order valence-corrected chi connectivity index (χ4v) is 2.33. The van der Waals surface area contributed by atoms with Crippen molar-refractivity contribution in [2.75, 3.05) is 26.2 Å². The van der Waals surface area contributed by atoms with Crippen molar-refractivity contribution in [3.63, 3.8) is 0 Å². The van der Waals surface area contributed by atoms with Crippen molar-refractivity contribution in [1.29, 1.82) is 0 Å². The third-order valence-corrected chi connectivity index (χ3v) is 3.35. The smallest absolute Gasteiger partial charge is 0.0823 e. The highest BCUT2D eigenvalue weighted by Gasteiger charge is 2.24. The van der Waals surface area contributed by atoms with Gasteiger partial charge in [0.1, 0.15) is 0 Å². The van der Waals surface area contributed by atoms with Crippen LogP contribution in [-0.2, 0) is 4.74 Å². The summed E-state index contributed by atoms with van der Waals surface area (Å²) in [4.78, 5) is 2.53. The molecule has 0 aromatic rings. The summed E-state index contributed by atoms with van der Waals surface area (Å²) in [6.45, 7) is 10.3. The molecular weight excluding hydrogens is 188 g/mol. The van der Waals surface area contributed by atoms with E-state index in [4.69, 9.17) is 10.5 Å². The standard InChI is InChI=1S/C12H26N2O/c1-4-15-12(7-13)9-14-8-10(2)5-6-11(14)3/h10-12H,4-9,13H2,1-3H3. The van der Waals surface area contributed by atoms with Gasteiger partial charge >= 0.3 is 0 Å². The quantitative estimate of drug-likeness (QED) is 0.753. The number of hydrogen-bond donors (Lipinski definition) is 1. The van der Waals surface area contributed by atoms with Gasteiger partial charge in [-0.1, -0.05) is 6.92 Å². The molecule has 0 radical (unpaired) electrons. The summed E-state index contributed by atoms with van der Waals surface area (Å²) in [7, 11) is 0. The number of piperidine rings is 1. The second-order valence-corrected chi connectivity index (χ2v) is 4.80. The van der Waals surface area contributed by atoms with E-state index in [1.165, 1.54) is 19.4 Å². The van der Waals surface area contributed by atoms with Crippen LogP contribution in [0.5, 0.6) is 0 Å². The summed E-state index contributed by atoms with van der Waals surface area (Å²) in [5.74, 6) is 0.821.